The fourth-order valence-electron chi connectivity index (χ4n) is 0. The van der Waals surface area contributed by atoms with Gasteiger partial charge in [-0.1, -0.05) is 0 Å². The smallest absolute Gasteiger partial charge is 0.136 e. The number of nitrogens with two attached hydrogens (primary N) is 1. The molecule has 0 rings (SSSR count). The molecule has 0 bridgehead atoms. The average molecular weight is 185 g/mol. The average Bonchev–Trinajstić information content (AvgIpc) is 1.36. The fraction of sp³-hybridized carbons (Fsp3) is 1.00. The van der Waals surface area contributed by atoms with Crippen molar-refractivity contribution in [3.05, 3.63) is 0 Å². The van der Waals surface area contributed by atoms with Gasteiger partial charge in [-0.3, -0.25) is 0 Å². The van der Waals surface area contributed by atoms with Gasteiger partial charge in [-0.05, 0) is 0 Å². The molecule has 1 unspecified atom stereocenters. The molecule has 0 fully saturated rings. The second-order valence-corrected chi connectivity index (χ2v) is 2.45. The summed E-state index contributed by atoms with van der Waals surface area (Å²) in [7, 11) is 0. The lowest BCUT2D eigenvalue weighted by Crippen LogP contribution is -2.19. The number of halogens is 4. The van der Waals surface area contributed by atoms with Crippen LogP contribution in [-0.2, 0) is 0 Å². The van der Waals surface area contributed by atoms with E-state index in [1.54, 1.807) is 0 Å². The van der Waals surface area contributed by atoms with Crippen LogP contribution in [0.15, 0.2) is 0 Å². The van der Waals surface area contributed by atoms with E-state index in [1.165, 1.54) is 0 Å². The molecule has 7 heavy (non-hydrogen) atoms. The van der Waals surface area contributed by atoms with Crippen molar-refractivity contribution in [2.45, 2.75) is 10.3 Å². The maximum absolute atomic E-state index is 5.13. The standard InChI is InChI=1S/C2H4Cl3N.ClH/c3-1(4)2(5)6;/h1-2H,6H2;1H. The van der Waals surface area contributed by atoms with Crippen LogP contribution in [0.2, 0.25) is 0 Å². The lowest BCUT2D eigenvalue weighted by Gasteiger charge is -1.98. The highest BCUT2D eigenvalue weighted by molar-refractivity contribution is 6.48. The summed E-state index contributed by atoms with van der Waals surface area (Å²) in [4.78, 5) is -0.660. The van der Waals surface area contributed by atoms with Crippen LogP contribution < -0.4 is 5.73 Å². The lowest BCUT2D eigenvalue weighted by molar-refractivity contribution is 0.990. The molecule has 1 nitrogen and oxygen atoms in total. The number of rotatable bonds is 1. The topological polar surface area (TPSA) is 26.0 Å². The van der Waals surface area contributed by atoms with E-state index in [0.717, 1.165) is 0 Å². The summed E-state index contributed by atoms with van der Waals surface area (Å²) in [5.74, 6) is 0. The summed E-state index contributed by atoms with van der Waals surface area (Å²) < 4.78 is 0. The molecule has 0 amide bonds. The van der Waals surface area contributed by atoms with E-state index in [4.69, 9.17) is 40.5 Å². The SMILES string of the molecule is Cl.NC(Cl)C(Cl)Cl. The van der Waals surface area contributed by atoms with Crippen molar-refractivity contribution in [1.82, 2.24) is 0 Å². The van der Waals surface area contributed by atoms with Crippen LogP contribution in [0.5, 0.6) is 0 Å². The molecule has 0 spiro atoms. The zero-order chi connectivity index (χ0) is 5.15. The first-order chi connectivity index (χ1) is 2.64. The third-order valence-electron chi connectivity index (χ3n) is 0.241. The van der Waals surface area contributed by atoms with Gasteiger partial charge in [0.2, 0.25) is 0 Å². The molecule has 0 aromatic carbocycles. The molecule has 0 aliphatic carbocycles. The molecule has 0 aromatic heterocycles. The normalized spacial score (nSPS) is 13.3. The predicted molar refractivity (Wildman–Crippen MR) is 36.6 cm³/mol. The molecule has 5 heteroatoms. The number of hydrogen-bond acceptors (Lipinski definition) is 1. The van der Waals surface area contributed by atoms with Crippen molar-refractivity contribution in [1.29, 1.82) is 0 Å². The Balaban J connectivity index is 0. The van der Waals surface area contributed by atoms with Crippen LogP contribution >= 0.6 is 47.2 Å². The molecule has 1 atom stereocenters. The molecule has 46 valence electrons. The number of alkyl halides is 3. The van der Waals surface area contributed by atoms with Gasteiger partial charge in [-0.15, -0.1) is 47.2 Å². The Morgan fingerprint density at radius 2 is 1.29 bits per heavy atom. The van der Waals surface area contributed by atoms with Crippen molar-refractivity contribution in [3.8, 4) is 0 Å². The van der Waals surface area contributed by atoms with E-state index < -0.39 is 10.3 Å². The van der Waals surface area contributed by atoms with E-state index in [0.29, 0.717) is 0 Å². The Labute approximate surface area is 63.5 Å². The first kappa shape index (κ1) is 11.0. The van der Waals surface area contributed by atoms with Gasteiger partial charge in [0.1, 0.15) is 10.3 Å². The van der Waals surface area contributed by atoms with E-state index >= 15 is 0 Å². The van der Waals surface area contributed by atoms with Crippen LogP contribution in [0.1, 0.15) is 0 Å². The summed E-state index contributed by atoms with van der Waals surface area (Å²) in [5.41, 5.74) is 4.29. The summed E-state index contributed by atoms with van der Waals surface area (Å²) in [5, 5.41) is 0. The molecule has 0 radical (unpaired) electrons. The van der Waals surface area contributed by atoms with Gasteiger partial charge in [0, 0.05) is 0 Å². The van der Waals surface area contributed by atoms with E-state index in [2.05, 4.69) is 0 Å². The quantitative estimate of drug-likeness (QED) is 0.488. The number of hydrogen-bond donors (Lipinski definition) is 1. The molecule has 0 aliphatic heterocycles. The third-order valence-corrected chi connectivity index (χ3v) is 1.29. The molecule has 0 aromatic rings. The molecule has 0 heterocycles. The highest BCUT2D eigenvalue weighted by atomic mass is 35.5. The Morgan fingerprint density at radius 3 is 1.29 bits per heavy atom. The van der Waals surface area contributed by atoms with Crippen molar-refractivity contribution >= 4 is 47.2 Å². The van der Waals surface area contributed by atoms with Gasteiger partial charge < -0.3 is 5.73 Å². The van der Waals surface area contributed by atoms with Crippen LogP contribution in [0.4, 0.5) is 0 Å². The molecular formula is C2H5Cl4N. The Hall–Kier alpha value is 1.12. The summed E-state index contributed by atoms with van der Waals surface area (Å²) in [6, 6.07) is 0. The molecule has 0 aliphatic rings. The van der Waals surface area contributed by atoms with Crippen molar-refractivity contribution < 1.29 is 0 Å². The van der Waals surface area contributed by atoms with Gasteiger partial charge in [-0.2, -0.15) is 0 Å². The predicted octanol–water partition coefficient (Wildman–Crippen LogP) is 1.74. The highest BCUT2D eigenvalue weighted by Gasteiger charge is 2.04. The minimum atomic E-state index is -0.660. The van der Waals surface area contributed by atoms with Gasteiger partial charge in [-0.25, -0.2) is 0 Å². The fourth-order valence-corrected chi connectivity index (χ4v) is 0. The minimum Gasteiger partial charge on any atom is -0.313 e. The van der Waals surface area contributed by atoms with E-state index in [9.17, 15) is 0 Å². The Morgan fingerprint density at radius 1 is 1.14 bits per heavy atom. The molecule has 2 N–H and O–H groups in total. The van der Waals surface area contributed by atoms with Crippen molar-refractivity contribution in [3.63, 3.8) is 0 Å². The summed E-state index contributed by atoms with van der Waals surface area (Å²) in [6.45, 7) is 0. The van der Waals surface area contributed by atoms with Gasteiger partial charge in [0.25, 0.3) is 0 Å². The van der Waals surface area contributed by atoms with Gasteiger partial charge >= 0.3 is 0 Å². The second kappa shape index (κ2) is 5.26. The van der Waals surface area contributed by atoms with Crippen molar-refractivity contribution in [2.24, 2.45) is 5.73 Å². The molecule has 0 saturated carbocycles. The van der Waals surface area contributed by atoms with E-state index in [-0.39, 0.29) is 12.4 Å². The lowest BCUT2D eigenvalue weighted by atomic mass is 10.8. The van der Waals surface area contributed by atoms with Crippen LogP contribution in [0.3, 0.4) is 0 Å². The third kappa shape index (κ3) is 7.12. The summed E-state index contributed by atoms with van der Waals surface area (Å²) >= 11 is 15.4. The zero-order valence-corrected chi connectivity index (χ0v) is 6.36. The largest absolute Gasteiger partial charge is 0.313 e. The highest BCUT2D eigenvalue weighted by Crippen LogP contribution is 2.07. The first-order valence-electron chi connectivity index (χ1n) is 1.32. The first-order valence-corrected chi connectivity index (χ1v) is 2.63. The van der Waals surface area contributed by atoms with Crippen LogP contribution in [0.25, 0.3) is 0 Å². The van der Waals surface area contributed by atoms with Gasteiger partial charge in [0.05, 0.1) is 0 Å². The Kier molecular flexibility index (Phi) is 8.26. The summed E-state index contributed by atoms with van der Waals surface area (Å²) in [6.07, 6.45) is 0. The van der Waals surface area contributed by atoms with Crippen molar-refractivity contribution in [2.75, 3.05) is 0 Å². The zero-order valence-electron chi connectivity index (χ0n) is 3.27. The van der Waals surface area contributed by atoms with E-state index in [1.807, 2.05) is 0 Å². The van der Waals surface area contributed by atoms with Crippen LogP contribution in [0, 0.1) is 0 Å². The second-order valence-electron chi connectivity index (χ2n) is 0.779. The monoisotopic (exact) mass is 183 g/mol. The van der Waals surface area contributed by atoms with Crippen LogP contribution in [-0.4, -0.2) is 10.3 Å². The maximum atomic E-state index is 5.13. The molecule has 0 saturated heterocycles. The van der Waals surface area contributed by atoms with Gasteiger partial charge in [0.15, 0.2) is 0 Å². The maximum Gasteiger partial charge on any atom is 0.136 e. The molecular weight excluding hydrogens is 180 g/mol. The Bertz CT molecular complexity index is 30.7. The minimum absolute atomic E-state index is 0.